The first-order valence-corrected chi connectivity index (χ1v) is 10.3. The molecule has 156 valence electrons. The van der Waals surface area contributed by atoms with Gasteiger partial charge in [0.25, 0.3) is 11.8 Å². The van der Waals surface area contributed by atoms with Crippen LogP contribution in [0.2, 0.25) is 0 Å². The Balaban J connectivity index is 1.81. The van der Waals surface area contributed by atoms with Crippen molar-refractivity contribution < 1.29 is 18.4 Å². The van der Waals surface area contributed by atoms with Gasteiger partial charge in [0, 0.05) is 11.7 Å². The summed E-state index contributed by atoms with van der Waals surface area (Å²) in [5.74, 6) is -0.0678. The van der Waals surface area contributed by atoms with E-state index in [1.165, 1.54) is 17.4 Å². The van der Waals surface area contributed by atoms with Gasteiger partial charge in [-0.25, -0.2) is 0 Å². The van der Waals surface area contributed by atoms with E-state index in [0.29, 0.717) is 11.4 Å². The molecule has 0 aliphatic heterocycles. The molecule has 6 nitrogen and oxygen atoms in total. The average Bonchev–Trinajstić information content (AvgIpc) is 3.51. The highest BCUT2D eigenvalue weighted by atomic mass is 16.3. The van der Waals surface area contributed by atoms with Gasteiger partial charge in [-0.15, -0.1) is 0 Å². The van der Waals surface area contributed by atoms with E-state index in [1.807, 2.05) is 32.0 Å². The van der Waals surface area contributed by atoms with E-state index in [0.717, 1.165) is 36.8 Å². The summed E-state index contributed by atoms with van der Waals surface area (Å²) in [5.41, 5.74) is 2.60. The molecule has 4 rings (SSSR count). The molecule has 6 heteroatoms. The number of nitrogens with zero attached hydrogens (tertiary/aromatic N) is 1. The molecule has 30 heavy (non-hydrogen) atoms. The second-order valence-corrected chi connectivity index (χ2v) is 7.78. The summed E-state index contributed by atoms with van der Waals surface area (Å²) in [6.07, 6.45) is 7.07. The molecular weight excluding hydrogens is 380 g/mol. The van der Waals surface area contributed by atoms with Crippen molar-refractivity contribution in [1.82, 2.24) is 5.32 Å². The number of benzene rings is 1. The monoisotopic (exact) mass is 406 g/mol. The molecule has 1 atom stereocenters. The van der Waals surface area contributed by atoms with Crippen molar-refractivity contribution in [3.8, 4) is 0 Å². The van der Waals surface area contributed by atoms with E-state index < -0.39 is 11.9 Å². The van der Waals surface area contributed by atoms with Crippen LogP contribution in [-0.2, 0) is 4.79 Å². The maximum Gasteiger partial charge on any atom is 0.295 e. The lowest BCUT2D eigenvalue weighted by Gasteiger charge is -2.31. The van der Waals surface area contributed by atoms with Crippen LogP contribution >= 0.6 is 0 Å². The van der Waals surface area contributed by atoms with Crippen LogP contribution in [0.4, 0.5) is 5.69 Å². The number of anilines is 1. The molecule has 0 radical (unpaired) electrons. The van der Waals surface area contributed by atoms with Crippen LogP contribution in [0.25, 0.3) is 0 Å². The maximum absolute atomic E-state index is 13.6. The third-order valence-corrected chi connectivity index (χ3v) is 5.81. The number of hydrogen-bond donors (Lipinski definition) is 1. The van der Waals surface area contributed by atoms with Gasteiger partial charge < -0.3 is 14.2 Å². The average molecular weight is 406 g/mol. The van der Waals surface area contributed by atoms with Crippen LogP contribution in [-0.4, -0.2) is 17.9 Å². The normalized spacial score (nSPS) is 15.1. The fraction of sp³-hybridized carbons (Fsp3) is 0.333. The van der Waals surface area contributed by atoms with Crippen LogP contribution in [0.15, 0.2) is 63.8 Å². The predicted molar refractivity (Wildman–Crippen MR) is 113 cm³/mol. The smallest absolute Gasteiger partial charge is 0.295 e. The van der Waals surface area contributed by atoms with Gasteiger partial charge in [0.1, 0.15) is 5.76 Å². The van der Waals surface area contributed by atoms with E-state index in [2.05, 4.69) is 5.32 Å². The molecule has 1 saturated carbocycles. The van der Waals surface area contributed by atoms with Crippen molar-refractivity contribution in [2.45, 2.75) is 51.6 Å². The number of carbonyl (C=O) groups excluding carboxylic acids is 2. The minimum absolute atomic E-state index is 0.120. The lowest BCUT2D eigenvalue weighted by atomic mass is 10.0. The van der Waals surface area contributed by atoms with Crippen LogP contribution in [0.1, 0.15) is 59.2 Å². The molecule has 0 spiro atoms. The predicted octanol–water partition coefficient (Wildman–Crippen LogP) is 4.94. The molecule has 0 bridgehead atoms. The minimum Gasteiger partial charge on any atom is -0.467 e. The van der Waals surface area contributed by atoms with Gasteiger partial charge >= 0.3 is 0 Å². The summed E-state index contributed by atoms with van der Waals surface area (Å²) in [6, 6.07) is 11.6. The molecule has 2 aromatic heterocycles. The van der Waals surface area contributed by atoms with Crippen LogP contribution in [0.3, 0.4) is 0 Å². The van der Waals surface area contributed by atoms with Gasteiger partial charge in [-0.2, -0.15) is 0 Å². The first-order chi connectivity index (χ1) is 14.6. The quantitative estimate of drug-likeness (QED) is 0.629. The maximum atomic E-state index is 13.6. The lowest BCUT2D eigenvalue weighted by Crippen LogP contribution is -2.46. The molecule has 1 aliphatic rings. The van der Waals surface area contributed by atoms with Gasteiger partial charge in [-0.1, -0.05) is 25.0 Å². The molecule has 1 N–H and O–H groups in total. The molecule has 2 heterocycles. The van der Waals surface area contributed by atoms with Crippen LogP contribution in [0.5, 0.6) is 0 Å². The Morgan fingerprint density at radius 3 is 2.40 bits per heavy atom. The number of furan rings is 2. The van der Waals surface area contributed by atoms with Gasteiger partial charge in [0.2, 0.25) is 0 Å². The van der Waals surface area contributed by atoms with Crippen molar-refractivity contribution in [2.75, 3.05) is 4.90 Å². The Hall–Kier alpha value is -3.28. The number of hydrogen-bond acceptors (Lipinski definition) is 4. The SMILES string of the molecule is Cc1cccc(N(C(=O)c2ccco2)[C@@H](C(=O)NC2CCCC2)c2ccco2)c1C. The molecule has 3 aromatic rings. The summed E-state index contributed by atoms with van der Waals surface area (Å²) >= 11 is 0. The second-order valence-electron chi connectivity index (χ2n) is 7.78. The van der Waals surface area contributed by atoms with Gasteiger partial charge in [-0.3, -0.25) is 14.5 Å². The number of rotatable bonds is 6. The number of aryl methyl sites for hydroxylation is 1. The molecule has 0 unspecified atom stereocenters. The fourth-order valence-electron chi connectivity index (χ4n) is 4.05. The van der Waals surface area contributed by atoms with Crippen molar-refractivity contribution in [1.29, 1.82) is 0 Å². The van der Waals surface area contributed by atoms with Crippen molar-refractivity contribution in [2.24, 2.45) is 0 Å². The van der Waals surface area contributed by atoms with E-state index in [-0.39, 0.29) is 17.7 Å². The largest absolute Gasteiger partial charge is 0.467 e. The Labute approximate surface area is 175 Å². The Morgan fingerprint density at radius 1 is 1.00 bits per heavy atom. The van der Waals surface area contributed by atoms with Crippen LogP contribution in [0, 0.1) is 13.8 Å². The van der Waals surface area contributed by atoms with Crippen molar-refractivity contribution in [3.05, 3.63) is 77.6 Å². The highest BCUT2D eigenvalue weighted by molar-refractivity contribution is 6.09. The van der Waals surface area contributed by atoms with E-state index >= 15 is 0 Å². The Morgan fingerprint density at radius 2 is 1.73 bits per heavy atom. The third kappa shape index (κ3) is 3.90. The summed E-state index contributed by atoms with van der Waals surface area (Å²) in [7, 11) is 0. The molecular formula is C24H26N2O4. The zero-order valence-electron chi connectivity index (χ0n) is 17.3. The summed E-state index contributed by atoms with van der Waals surface area (Å²) in [4.78, 5) is 28.5. The summed E-state index contributed by atoms with van der Waals surface area (Å²) in [5, 5.41) is 3.13. The molecule has 1 aromatic carbocycles. The standard InChI is InChI=1S/C24H26N2O4/c1-16-8-5-11-19(17(16)2)26(24(28)21-13-7-15-30-21)22(20-12-6-14-29-20)23(27)25-18-9-3-4-10-18/h5-8,11-15,18,22H,3-4,9-10H2,1-2H3,(H,25,27)/t22-/m1/s1. The zero-order chi connectivity index (χ0) is 21.1. The Bertz CT molecular complexity index is 1000. The number of amides is 2. The Kier molecular flexibility index (Phi) is 5.74. The highest BCUT2D eigenvalue weighted by Gasteiger charge is 2.38. The number of nitrogens with one attached hydrogen (secondary N) is 1. The zero-order valence-corrected chi connectivity index (χ0v) is 17.3. The third-order valence-electron chi connectivity index (χ3n) is 5.81. The first-order valence-electron chi connectivity index (χ1n) is 10.3. The van der Waals surface area contributed by atoms with Crippen LogP contribution < -0.4 is 10.2 Å². The van der Waals surface area contributed by atoms with Crippen molar-refractivity contribution in [3.63, 3.8) is 0 Å². The molecule has 1 aliphatic carbocycles. The van der Waals surface area contributed by atoms with Gasteiger partial charge in [-0.05, 0) is 68.1 Å². The molecule has 0 saturated heterocycles. The minimum atomic E-state index is -0.946. The highest BCUT2D eigenvalue weighted by Crippen LogP contribution is 2.34. The molecule has 2 amide bonds. The van der Waals surface area contributed by atoms with E-state index in [1.54, 1.807) is 24.3 Å². The van der Waals surface area contributed by atoms with E-state index in [9.17, 15) is 9.59 Å². The van der Waals surface area contributed by atoms with E-state index in [4.69, 9.17) is 8.83 Å². The second kappa shape index (κ2) is 8.61. The first kappa shape index (κ1) is 20.0. The van der Waals surface area contributed by atoms with Gasteiger partial charge in [0.15, 0.2) is 11.8 Å². The lowest BCUT2D eigenvalue weighted by molar-refractivity contribution is -0.123. The number of carbonyl (C=O) groups is 2. The van der Waals surface area contributed by atoms with Crippen molar-refractivity contribution >= 4 is 17.5 Å². The summed E-state index contributed by atoms with van der Waals surface area (Å²) < 4.78 is 11.0. The van der Waals surface area contributed by atoms with Gasteiger partial charge in [0.05, 0.1) is 12.5 Å². The summed E-state index contributed by atoms with van der Waals surface area (Å²) in [6.45, 7) is 3.93. The fourth-order valence-corrected chi connectivity index (χ4v) is 4.05. The topological polar surface area (TPSA) is 75.7 Å². The molecule has 1 fully saturated rings.